The monoisotopic (exact) mass is 212 g/mol. The molecule has 1 aliphatic rings. The van der Waals surface area contributed by atoms with Crippen molar-refractivity contribution in [3.63, 3.8) is 0 Å². The van der Waals surface area contributed by atoms with Gasteiger partial charge >= 0.3 is 0 Å². The maximum Gasteiger partial charge on any atom is 0.0960 e. The highest BCUT2D eigenvalue weighted by Gasteiger charge is 2.45. The van der Waals surface area contributed by atoms with Crippen LogP contribution in [0.2, 0.25) is 5.02 Å². The average Bonchev–Trinajstić information content (AvgIpc) is 2.13. The Bertz CT molecular complexity index is 332. The van der Waals surface area contributed by atoms with E-state index in [4.69, 9.17) is 16.3 Å². The summed E-state index contributed by atoms with van der Waals surface area (Å²) in [6.07, 6.45) is 1.43. The minimum absolute atomic E-state index is 0.163. The molecule has 0 atom stereocenters. The highest BCUT2D eigenvalue weighted by molar-refractivity contribution is 6.31. The van der Waals surface area contributed by atoms with Crippen LogP contribution in [0.25, 0.3) is 0 Å². The summed E-state index contributed by atoms with van der Waals surface area (Å²) in [6, 6.07) is 7.42. The third-order valence-corrected chi connectivity index (χ3v) is 3.17. The Kier molecular flexibility index (Phi) is 2.52. The maximum absolute atomic E-state index is 10.2. The molecule has 2 rings (SSSR count). The lowest BCUT2D eigenvalue weighted by Gasteiger charge is -2.43. The van der Waals surface area contributed by atoms with Gasteiger partial charge < -0.3 is 9.84 Å². The third-order valence-electron chi connectivity index (χ3n) is 2.84. The molecule has 2 nitrogen and oxygen atoms in total. The van der Waals surface area contributed by atoms with Gasteiger partial charge in [0.1, 0.15) is 0 Å². The molecule has 0 bridgehead atoms. The quantitative estimate of drug-likeness (QED) is 0.816. The maximum atomic E-state index is 10.2. The molecule has 1 saturated carbocycles. The Morgan fingerprint density at radius 3 is 2.64 bits per heavy atom. The van der Waals surface area contributed by atoms with E-state index in [-0.39, 0.29) is 6.10 Å². The molecule has 14 heavy (non-hydrogen) atoms. The Labute approximate surface area is 88.5 Å². The highest BCUT2D eigenvalue weighted by atomic mass is 35.5. The lowest BCUT2D eigenvalue weighted by molar-refractivity contribution is -0.133. The van der Waals surface area contributed by atoms with E-state index in [1.165, 1.54) is 0 Å². The fourth-order valence-electron chi connectivity index (χ4n) is 1.92. The van der Waals surface area contributed by atoms with Crippen molar-refractivity contribution < 1.29 is 9.84 Å². The zero-order chi connectivity index (χ0) is 10.2. The summed E-state index contributed by atoms with van der Waals surface area (Å²) in [7, 11) is 1.66. The molecule has 0 radical (unpaired) electrons. The van der Waals surface area contributed by atoms with E-state index in [2.05, 4.69) is 0 Å². The van der Waals surface area contributed by atoms with Crippen LogP contribution in [-0.2, 0) is 10.3 Å². The summed E-state index contributed by atoms with van der Waals surface area (Å²) < 4.78 is 5.14. The molecule has 0 unspecified atom stereocenters. The van der Waals surface area contributed by atoms with Crippen LogP contribution in [0, 0.1) is 0 Å². The molecule has 1 aromatic rings. The van der Waals surface area contributed by atoms with Gasteiger partial charge in [0.05, 0.1) is 11.7 Å². The van der Waals surface area contributed by atoms with Gasteiger partial charge in [0.2, 0.25) is 0 Å². The van der Waals surface area contributed by atoms with Crippen molar-refractivity contribution in [3.05, 3.63) is 34.9 Å². The zero-order valence-corrected chi connectivity index (χ0v) is 8.79. The fourth-order valence-corrected chi connectivity index (χ4v) is 2.23. The topological polar surface area (TPSA) is 29.5 Å². The minimum Gasteiger partial charge on any atom is -0.385 e. The number of halogens is 1. The predicted molar refractivity (Wildman–Crippen MR) is 55.4 cm³/mol. The second kappa shape index (κ2) is 3.54. The number of hydrogen-bond donors (Lipinski definition) is 1. The number of hydrogen-bond acceptors (Lipinski definition) is 2. The van der Waals surface area contributed by atoms with Crippen molar-refractivity contribution in [1.82, 2.24) is 0 Å². The molecule has 1 aliphatic carbocycles. The normalized spacial score (nSPS) is 31.2. The van der Waals surface area contributed by atoms with Crippen LogP contribution in [0.5, 0.6) is 0 Å². The Morgan fingerprint density at radius 1 is 1.43 bits per heavy atom. The smallest absolute Gasteiger partial charge is 0.0960 e. The number of rotatable bonds is 2. The molecule has 0 aliphatic heterocycles. The van der Waals surface area contributed by atoms with E-state index in [0.29, 0.717) is 17.9 Å². The number of benzene rings is 1. The molecule has 0 amide bonds. The summed E-state index contributed by atoms with van der Waals surface area (Å²) in [5, 5.41) is 10.8. The number of ether oxygens (including phenoxy) is 1. The van der Waals surface area contributed by atoms with Gasteiger partial charge in [0, 0.05) is 30.5 Å². The molecule has 0 spiro atoms. The van der Waals surface area contributed by atoms with Crippen molar-refractivity contribution in [2.45, 2.75) is 24.5 Å². The van der Waals surface area contributed by atoms with Crippen LogP contribution in [0.1, 0.15) is 18.4 Å². The molecule has 1 aromatic carbocycles. The first-order chi connectivity index (χ1) is 6.65. The lowest BCUT2D eigenvalue weighted by Crippen LogP contribution is -2.45. The van der Waals surface area contributed by atoms with Crippen LogP contribution < -0.4 is 0 Å². The van der Waals surface area contributed by atoms with E-state index in [0.717, 1.165) is 5.56 Å². The van der Waals surface area contributed by atoms with Crippen molar-refractivity contribution in [1.29, 1.82) is 0 Å². The van der Waals surface area contributed by atoms with E-state index >= 15 is 0 Å². The number of methoxy groups -OCH3 is 1. The van der Waals surface area contributed by atoms with Crippen LogP contribution in [0.3, 0.4) is 0 Å². The molecular formula is C11H13ClO2. The molecule has 0 heterocycles. The lowest BCUT2D eigenvalue weighted by atomic mass is 9.73. The second-order valence-electron chi connectivity index (χ2n) is 3.78. The summed E-state index contributed by atoms with van der Waals surface area (Å²) in [4.78, 5) is 0. The molecular weight excluding hydrogens is 200 g/mol. The molecule has 76 valence electrons. The molecule has 1 fully saturated rings. The average molecular weight is 213 g/mol. The van der Waals surface area contributed by atoms with Crippen LogP contribution >= 0.6 is 11.6 Å². The Morgan fingerprint density at radius 2 is 2.07 bits per heavy atom. The van der Waals surface area contributed by atoms with Crippen LogP contribution in [0.4, 0.5) is 0 Å². The van der Waals surface area contributed by atoms with Gasteiger partial charge in [-0.25, -0.2) is 0 Å². The van der Waals surface area contributed by atoms with Crippen molar-refractivity contribution >= 4 is 11.6 Å². The first-order valence-corrected chi connectivity index (χ1v) is 5.04. The summed E-state index contributed by atoms with van der Waals surface area (Å²) in [6.45, 7) is 0. The van der Waals surface area contributed by atoms with E-state index in [9.17, 15) is 5.11 Å². The standard InChI is InChI=1S/C11H13ClO2/c1-14-8-6-11(13,7-8)9-4-2-3-5-10(9)12/h2-5,8,13H,6-7H2,1H3. The van der Waals surface area contributed by atoms with E-state index in [1.54, 1.807) is 13.2 Å². The first kappa shape index (κ1) is 9.97. The Hall–Kier alpha value is -0.570. The van der Waals surface area contributed by atoms with Gasteiger partial charge in [0.25, 0.3) is 0 Å². The second-order valence-corrected chi connectivity index (χ2v) is 4.18. The van der Waals surface area contributed by atoms with Gasteiger partial charge in [-0.15, -0.1) is 0 Å². The minimum atomic E-state index is -0.779. The summed E-state index contributed by atoms with van der Waals surface area (Å²) >= 11 is 6.01. The van der Waals surface area contributed by atoms with Crippen molar-refractivity contribution in [3.8, 4) is 0 Å². The van der Waals surface area contributed by atoms with Gasteiger partial charge in [-0.2, -0.15) is 0 Å². The summed E-state index contributed by atoms with van der Waals surface area (Å²) in [5.74, 6) is 0. The van der Waals surface area contributed by atoms with Crippen molar-refractivity contribution in [2.75, 3.05) is 7.11 Å². The molecule has 0 aromatic heterocycles. The van der Waals surface area contributed by atoms with Crippen LogP contribution in [0.15, 0.2) is 24.3 Å². The highest BCUT2D eigenvalue weighted by Crippen LogP contribution is 2.44. The molecule has 1 N–H and O–H groups in total. The summed E-state index contributed by atoms with van der Waals surface area (Å²) in [5.41, 5.74) is 0.0360. The molecule has 3 heteroatoms. The van der Waals surface area contributed by atoms with Gasteiger partial charge in [-0.3, -0.25) is 0 Å². The zero-order valence-electron chi connectivity index (χ0n) is 8.03. The SMILES string of the molecule is COC1CC(O)(c2ccccc2Cl)C1. The van der Waals surface area contributed by atoms with Crippen LogP contribution in [-0.4, -0.2) is 18.3 Å². The van der Waals surface area contributed by atoms with Gasteiger partial charge in [-0.1, -0.05) is 29.8 Å². The van der Waals surface area contributed by atoms with E-state index < -0.39 is 5.60 Å². The Balaban J connectivity index is 2.21. The van der Waals surface area contributed by atoms with E-state index in [1.807, 2.05) is 18.2 Å². The van der Waals surface area contributed by atoms with Gasteiger partial charge in [0.15, 0.2) is 0 Å². The largest absolute Gasteiger partial charge is 0.385 e. The molecule has 0 saturated heterocycles. The fraction of sp³-hybridized carbons (Fsp3) is 0.455. The number of aliphatic hydroxyl groups is 1. The predicted octanol–water partition coefficient (Wildman–Crippen LogP) is 2.34. The first-order valence-electron chi connectivity index (χ1n) is 4.66. The van der Waals surface area contributed by atoms with Crippen molar-refractivity contribution in [2.24, 2.45) is 0 Å². The third kappa shape index (κ3) is 1.54. The van der Waals surface area contributed by atoms with Gasteiger partial charge in [-0.05, 0) is 6.07 Å².